The number of fused-ring (bicyclic) bond motifs is 1. The molecule has 0 bridgehead atoms. The number of pyridine rings is 1. The number of carbonyl (C=O) groups is 1. The summed E-state index contributed by atoms with van der Waals surface area (Å²) in [6, 6.07) is 15.8. The van der Waals surface area contributed by atoms with Gasteiger partial charge in [0.25, 0.3) is 5.56 Å². The van der Waals surface area contributed by atoms with Crippen LogP contribution in [-0.2, 0) is 13.1 Å². The molecule has 0 aliphatic carbocycles. The number of ketones is 1. The molecule has 27 heavy (non-hydrogen) atoms. The second-order valence-corrected chi connectivity index (χ2v) is 7.03. The molecule has 0 fully saturated rings. The van der Waals surface area contributed by atoms with Gasteiger partial charge in [-0.2, -0.15) is 0 Å². The smallest absolute Gasteiger partial charge is 0.292 e. The predicted molar refractivity (Wildman–Crippen MR) is 104 cm³/mol. The Labute approximate surface area is 158 Å². The van der Waals surface area contributed by atoms with Gasteiger partial charge in [-0.1, -0.05) is 36.4 Å². The molecule has 0 aliphatic heterocycles. The lowest BCUT2D eigenvalue weighted by atomic mass is 10.1. The van der Waals surface area contributed by atoms with Crippen molar-refractivity contribution in [2.75, 3.05) is 0 Å². The first-order chi connectivity index (χ1) is 13.1. The van der Waals surface area contributed by atoms with Gasteiger partial charge in [0.05, 0.1) is 18.6 Å². The van der Waals surface area contributed by atoms with Crippen LogP contribution in [0.4, 0.5) is 0 Å². The molecule has 0 saturated carbocycles. The van der Waals surface area contributed by atoms with Gasteiger partial charge in [0.2, 0.25) is 0 Å². The molecule has 0 unspecified atom stereocenters. The summed E-state index contributed by atoms with van der Waals surface area (Å²) in [4.78, 5) is 43.5. The Morgan fingerprint density at radius 3 is 2.52 bits per heavy atom. The van der Waals surface area contributed by atoms with Gasteiger partial charge in [0, 0.05) is 16.6 Å². The van der Waals surface area contributed by atoms with E-state index in [1.807, 2.05) is 23.6 Å². The largest absolute Gasteiger partial charge is 0.332 e. The van der Waals surface area contributed by atoms with Gasteiger partial charge in [-0.25, -0.2) is 9.78 Å². The number of aromatic nitrogens is 3. The van der Waals surface area contributed by atoms with Crippen molar-refractivity contribution < 1.29 is 4.79 Å². The molecule has 0 N–H and O–H groups in total. The van der Waals surface area contributed by atoms with Crippen LogP contribution >= 0.6 is 11.3 Å². The Balaban J connectivity index is 1.87. The van der Waals surface area contributed by atoms with E-state index in [1.54, 1.807) is 36.4 Å². The Morgan fingerprint density at radius 2 is 1.78 bits per heavy atom. The quantitative estimate of drug-likeness (QED) is 0.501. The van der Waals surface area contributed by atoms with E-state index in [0.717, 1.165) is 9.44 Å². The van der Waals surface area contributed by atoms with E-state index in [9.17, 15) is 14.4 Å². The average molecular weight is 377 g/mol. The van der Waals surface area contributed by atoms with Crippen molar-refractivity contribution in [3.05, 3.63) is 97.5 Å². The van der Waals surface area contributed by atoms with Gasteiger partial charge < -0.3 is 0 Å². The van der Waals surface area contributed by atoms with E-state index in [4.69, 9.17) is 0 Å². The molecule has 0 radical (unpaired) electrons. The zero-order chi connectivity index (χ0) is 18.8. The Bertz CT molecular complexity index is 1230. The fraction of sp³-hybridized carbons (Fsp3) is 0.100. The van der Waals surface area contributed by atoms with Gasteiger partial charge in [0.1, 0.15) is 0 Å². The lowest BCUT2D eigenvalue weighted by Crippen LogP contribution is -2.41. The summed E-state index contributed by atoms with van der Waals surface area (Å²) in [7, 11) is 0. The number of thiophene rings is 1. The summed E-state index contributed by atoms with van der Waals surface area (Å²) < 4.78 is 2.46. The zero-order valence-electron chi connectivity index (χ0n) is 14.2. The maximum Gasteiger partial charge on any atom is 0.332 e. The third-order valence-corrected chi connectivity index (χ3v) is 5.14. The average Bonchev–Trinajstić information content (AvgIpc) is 3.22. The summed E-state index contributed by atoms with van der Waals surface area (Å²) in [5.74, 6) is -0.204. The number of carbonyl (C=O) groups excluding carboxylic acids is 1. The van der Waals surface area contributed by atoms with Crippen LogP contribution in [0.3, 0.4) is 0 Å². The number of nitrogens with zero attached hydrogens (tertiary/aromatic N) is 3. The second kappa shape index (κ2) is 7.13. The maximum absolute atomic E-state index is 13.0. The zero-order valence-corrected chi connectivity index (χ0v) is 15.1. The van der Waals surface area contributed by atoms with Crippen LogP contribution in [0.25, 0.3) is 11.0 Å². The monoisotopic (exact) mass is 377 g/mol. The lowest BCUT2D eigenvalue weighted by Gasteiger charge is -2.12. The molecular weight excluding hydrogens is 362 g/mol. The van der Waals surface area contributed by atoms with Crippen LogP contribution in [0.2, 0.25) is 0 Å². The third-order valence-electron chi connectivity index (χ3n) is 4.28. The maximum atomic E-state index is 13.0. The fourth-order valence-corrected chi connectivity index (χ4v) is 3.65. The SMILES string of the molecule is O=C(Cn1c(=O)n(Cc2cccs2)c(=O)c2ncccc21)c1ccccc1. The van der Waals surface area contributed by atoms with Crippen molar-refractivity contribution >= 4 is 28.2 Å². The van der Waals surface area contributed by atoms with E-state index in [-0.39, 0.29) is 24.4 Å². The molecule has 4 aromatic rings. The first-order valence-electron chi connectivity index (χ1n) is 8.34. The van der Waals surface area contributed by atoms with Gasteiger partial charge in [-0.05, 0) is 23.6 Å². The van der Waals surface area contributed by atoms with E-state index in [1.165, 1.54) is 22.1 Å². The first-order valence-corrected chi connectivity index (χ1v) is 9.22. The Morgan fingerprint density at radius 1 is 0.963 bits per heavy atom. The molecule has 134 valence electrons. The number of benzene rings is 1. The normalized spacial score (nSPS) is 11.0. The van der Waals surface area contributed by atoms with Gasteiger partial charge in [-0.15, -0.1) is 11.3 Å². The van der Waals surface area contributed by atoms with Crippen molar-refractivity contribution in [3.8, 4) is 0 Å². The predicted octanol–water partition coefficient (Wildman–Crippen LogP) is 2.55. The van der Waals surface area contributed by atoms with Gasteiger partial charge in [0.15, 0.2) is 11.3 Å². The molecule has 0 aliphatic rings. The minimum atomic E-state index is -0.516. The highest BCUT2D eigenvalue weighted by atomic mass is 32.1. The molecule has 3 heterocycles. The highest BCUT2D eigenvalue weighted by Crippen LogP contribution is 2.11. The topological polar surface area (TPSA) is 74.0 Å². The molecule has 0 atom stereocenters. The minimum absolute atomic E-state index is 0.154. The van der Waals surface area contributed by atoms with E-state index in [2.05, 4.69) is 4.98 Å². The van der Waals surface area contributed by atoms with Crippen molar-refractivity contribution in [1.82, 2.24) is 14.1 Å². The fourth-order valence-electron chi connectivity index (χ4n) is 2.95. The summed E-state index contributed by atoms with van der Waals surface area (Å²) >= 11 is 1.46. The summed E-state index contributed by atoms with van der Waals surface area (Å²) in [5.41, 5.74) is 0.0803. The molecule has 0 saturated heterocycles. The molecular formula is C20H15N3O3S. The Kier molecular flexibility index (Phi) is 4.52. The summed E-state index contributed by atoms with van der Waals surface area (Å²) in [6.07, 6.45) is 1.51. The van der Waals surface area contributed by atoms with Crippen LogP contribution < -0.4 is 11.2 Å². The van der Waals surface area contributed by atoms with Crippen molar-refractivity contribution in [2.45, 2.75) is 13.1 Å². The number of hydrogen-bond acceptors (Lipinski definition) is 5. The Hall–Kier alpha value is -3.32. The van der Waals surface area contributed by atoms with Crippen LogP contribution in [0, 0.1) is 0 Å². The molecule has 0 amide bonds. The van der Waals surface area contributed by atoms with Crippen molar-refractivity contribution in [2.24, 2.45) is 0 Å². The first kappa shape index (κ1) is 17.1. The van der Waals surface area contributed by atoms with Crippen molar-refractivity contribution in [3.63, 3.8) is 0 Å². The molecule has 3 aromatic heterocycles. The van der Waals surface area contributed by atoms with Crippen LogP contribution in [0.15, 0.2) is 75.8 Å². The van der Waals surface area contributed by atoms with Crippen LogP contribution in [-0.4, -0.2) is 19.9 Å². The summed E-state index contributed by atoms with van der Waals surface area (Å²) in [5, 5.41) is 1.89. The summed E-state index contributed by atoms with van der Waals surface area (Å²) in [6.45, 7) is -0.00284. The molecule has 0 spiro atoms. The van der Waals surface area contributed by atoms with E-state index in [0.29, 0.717) is 11.1 Å². The number of hydrogen-bond donors (Lipinski definition) is 0. The third kappa shape index (κ3) is 3.24. The standard InChI is InChI=1S/C20H15N3O3S/c24-17(14-6-2-1-3-7-14)13-22-16-9-4-10-21-18(16)19(25)23(20(22)26)12-15-8-5-11-27-15/h1-11H,12-13H2. The molecule has 6 nitrogen and oxygen atoms in total. The van der Waals surface area contributed by atoms with Gasteiger partial charge >= 0.3 is 5.69 Å². The van der Waals surface area contributed by atoms with E-state index < -0.39 is 11.2 Å². The lowest BCUT2D eigenvalue weighted by molar-refractivity contribution is 0.0971. The second-order valence-electron chi connectivity index (χ2n) is 6.00. The van der Waals surface area contributed by atoms with Gasteiger partial charge in [-0.3, -0.25) is 18.7 Å². The van der Waals surface area contributed by atoms with Crippen molar-refractivity contribution in [1.29, 1.82) is 0 Å². The van der Waals surface area contributed by atoms with Crippen LogP contribution in [0.1, 0.15) is 15.2 Å². The minimum Gasteiger partial charge on any atom is -0.292 e. The number of rotatable bonds is 5. The highest BCUT2D eigenvalue weighted by Gasteiger charge is 2.17. The number of Topliss-reactive ketones (excluding diaryl/α,β-unsaturated/α-hetero) is 1. The van der Waals surface area contributed by atoms with E-state index >= 15 is 0 Å². The highest BCUT2D eigenvalue weighted by molar-refractivity contribution is 7.09. The van der Waals surface area contributed by atoms with Crippen LogP contribution in [0.5, 0.6) is 0 Å². The molecule has 4 rings (SSSR count). The molecule has 1 aromatic carbocycles. The molecule has 7 heteroatoms.